The normalized spacial score (nSPS) is 18.6. The summed E-state index contributed by atoms with van der Waals surface area (Å²) < 4.78 is 19.3. The maximum absolute atomic E-state index is 6.55. The molecule has 0 fully saturated rings. The minimum Gasteiger partial charge on any atom is -0.457 e. The van der Waals surface area contributed by atoms with Crippen LogP contribution in [-0.4, -0.2) is 14.8 Å². The zero-order chi connectivity index (χ0) is 18.9. The Morgan fingerprint density at radius 2 is 1.89 bits per heavy atom. The summed E-state index contributed by atoms with van der Waals surface area (Å²) in [5.74, 6) is 0.775. The zero-order valence-electron chi connectivity index (χ0n) is 14.3. The molecule has 0 bridgehead atoms. The number of allylic oxidation sites excluding steroid dienone is 1. The Labute approximate surface area is 165 Å². The Bertz CT molecular complexity index is 974. The topological polar surface area (TPSA) is 58.4 Å². The summed E-state index contributed by atoms with van der Waals surface area (Å²) >= 11 is 12.4. The molecule has 0 amide bonds. The molecule has 1 aliphatic heterocycles. The van der Waals surface area contributed by atoms with Crippen molar-refractivity contribution < 1.29 is 14.2 Å². The van der Waals surface area contributed by atoms with Crippen LogP contribution in [-0.2, 0) is 21.8 Å². The summed E-state index contributed by atoms with van der Waals surface area (Å²) in [5, 5.41) is 5.22. The summed E-state index contributed by atoms with van der Waals surface area (Å²) in [6.45, 7) is 2.10. The first kappa shape index (κ1) is 17.7. The van der Waals surface area contributed by atoms with Gasteiger partial charge in [0, 0.05) is 5.02 Å². The highest BCUT2D eigenvalue weighted by Gasteiger charge is 2.43. The summed E-state index contributed by atoms with van der Waals surface area (Å²) in [7, 11) is 0. The molecule has 4 rings (SSSR count). The van der Waals surface area contributed by atoms with Crippen LogP contribution in [0.5, 0.6) is 11.5 Å². The average Bonchev–Trinajstić information content (AvgIpc) is 3.28. The molecule has 1 aromatic heterocycles. The lowest BCUT2D eigenvalue weighted by Crippen LogP contribution is -2.33. The smallest absolute Gasteiger partial charge is 0.298 e. The number of halogens is 2. The van der Waals surface area contributed by atoms with Gasteiger partial charge in [0.05, 0.1) is 10.6 Å². The fourth-order valence-electron chi connectivity index (χ4n) is 2.79. The predicted molar refractivity (Wildman–Crippen MR) is 101 cm³/mol. The molecule has 0 saturated carbocycles. The number of rotatable bonds is 5. The molecular formula is C19H15Cl2N3O3. The SMILES string of the molecule is CC1=COC(Cn2cncn2)(c2ccc(Oc3ccc(Cl)cc3)cc2Cl)O1. The van der Waals surface area contributed by atoms with Crippen molar-refractivity contribution in [1.82, 2.24) is 14.8 Å². The fourth-order valence-corrected chi connectivity index (χ4v) is 3.23. The molecule has 2 aromatic carbocycles. The number of benzene rings is 2. The van der Waals surface area contributed by atoms with Crippen molar-refractivity contribution in [2.45, 2.75) is 19.3 Å². The van der Waals surface area contributed by atoms with Crippen molar-refractivity contribution in [2.24, 2.45) is 0 Å². The van der Waals surface area contributed by atoms with Crippen LogP contribution in [0, 0.1) is 0 Å². The molecule has 1 aliphatic rings. The van der Waals surface area contributed by atoms with E-state index in [2.05, 4.69) is 10.1 Å². The summed E-state index contributed by atoms with van der Waals surface area (Å²) in [5.41, 5.74) is 0.663. The first-order valence-electron chi connectivity index (χ1n) is 8.13. The maximum atomic E-state index is 6.55. The van der Waals surface area contributed by atoms with Gasteiger partial charge in [-0.05, 0) is 49.4 Å². The molecule has 0 saturated heterocycles. The van der Waals surface area contributed by atoms with E-state index < -0.39 is 5.79 Å². The van der Waals surface area contributed by atoms with Gasteiger partial charge in [-0.15, -0.1) is 0 Å². The molecular weight excluding hydrogens is 389 g/mol. The molecule has 8 heteroatoms. The summed E-state index contributed by atoms with van der Waals surface area (Å²) in [6, 6.07) is 12.4. The van der Waals surface area contributed by atoms with Gasteiger partial charge >= 0.3 is 0 Å². The fraction of sp³-hybridized carbons (Fsp3) is 0.158. The standard InChI is InChI=1S/C19H15Cl2N3O3/c1-13-9-25-19(27-13,10-24-12-22-11-23-24)17-7-6-16(8-18(17)21)26-15-4-2-14(20)3-5-15/h2-9,11-12H,10H2,1H3. The highest BCUT2D eigenvalue weighted by molar-refractivity contribution is 6.31. The molecule has 3 aromatic rings. The monoisotopic (exact) mass is 403 g/mol. The predicted octanol–water partition coefficient (Wildman–Crippen LogP) is 5.14. The minimum atomic E-state index is -1.12. The van der Waals surface area contributed by atoms with Crippen molar-refractivity contribution in [2.75, 3.05) is 0 Å². The third-order valence-corrected chi connectivity index (χ3v) is 4.54. The molecule has 27 heavy (non-hydrogen) atoms. The van der Waals surface area contributed by atoms with E-state index in [4.69, 9.17) is 37.4 Å². The minimum absolute atomic E-state index is 0.290. The molecule has 0 spiro atoms. The van der Waals surface area contributed by atoms with Crippen LogP contribution in [0.2, 0.25) is 10.0 Å². The Hall–Kier alpha value is -2.70. The van der Waals surface area contributed by atoms with Crippen molar-refractivity contribution in [3.63, 3.8) is 0 Å². The van der Waals surface area contributed by atoms with E-state index in [0.717, 1.165) is 0 Å². The second-order valence-corrected chi connectivity index (χ2v) is 6.84. The van der Waals surface area contributed by atoms with Crippen LogP contribution in [0.4, 0.5) is 0 Å². The average molecular weight is 404 g/mol. The molecule has 2 heterocycles. The molecule has 0 N–H and O–H groups in total. The first-order valence-corrected chi connectivity index (χ1v) is 8.89. The number of aromatic nitrogens is 3. The number of nitrogens with zero attached hydrogens (tertiary/aromatic N) is 3. The van der Waals surface area contributed by atoms with Gasteiger partial charge in [0.1, 0.15) is 42.7 Å². The number of hydrogen-bond acceptors (Lipinski definition) is 5. The van der Waals surface area contributed by atoms with E-state index >= 15 is 0 Å². The Kier molecular flexibility index (Phi) is 4.68. The first-order chi connectivity index (χ1) is 13.0. The maximum Gasteiger partial charge on any atom is 0.298 e. The Morgan fingerprint density at radius 3 is 2.52 bits per heavy atom. The Morgan fingerprint density at radius 1 is 1.11 bits per heavy atom. The van der Waals surface area contributed by atoms with Gasteiger partial charge in [-0.3, -0.25) is 0 Å². The van der Waals surface area contributed by atoms with E-state index in [-0.39, 0.29) is 6.54 Å². The summed E-state index contributed by atoms with van der Waals surface area (Å²) in [4.78, 5) is 3.96. The van der Waals surface area contributed by atoms with Gasteiger partial charge in [0.2, 0.25) is 0 Å². The quantitative estimate of drug-likeness (QED) is 0.590. The summed E-state index contributed by atoms with van der Waals surface area (Å²) in [6.07, 6.45) is 4.60. The van der Waals surface area contributed by atoms with E-state index in [1.165, 1.54) is 6.33 Å². The van der Waals surface area contributed by atoms with Crippen LogP contribution in [0.3, 0.4) is 0 Å². The lowest BCUT2D eigenvalue weighted by atomic mass is 10.1. The van der Waals surface area contributed by atoms with Crippen molar-refractivity contribution in [3.05, 3.63) is 82.7 Å². The number of hydrogen-bond donors (Lipinski definition) is 0. The van der Waals surface area contributed by atoms with Crippen molar-refractivity contribution in [1.29, 1.82) is 0 Å². The van der Waals surface area contributed by atoms with E-state index in [1.54, 1.807) is 53.7 Å². The third kappa shape index (κ3) is 3.72. The lowest BCUT2D eigenvalue weighted by Gasteiger charge is -2.29. The second kappa shape index (κ2) is 7.13. The molecule has 6 nitrogen and oxygen atoms in total. The van der Waals surface area contributed by atoms with Gasteiger partial charge in [-0.25, -0.2) is 9.67 Å². The van der Waals surface area contributed by atoms with Crippen LogP contribution in [0.25, 0.3) is 0 Å². The van der Waals surface area contributed by atoms with Gasteiger partial charge in [-0.2, -0.15) is 5.10 Å². The van der Waals surface area contributed by atoms with Gasteiger partial charge < -0.3 is 14.2 Å². The van der Waals surface area contributed by atoms with Crippen molar-refractivity contribution in [3.8, 4) is 11.5 Å². The second-order valence-electron chi connectivity index (χ2n) is 5.99. The largest absolute Gasteiger partial charge is 0.457 e. The van der Waals surface area contributed by atoms with Crippen LogP contribution >= 0.6 is 23.2 Å². The third-order valence-electron chi connectivity index (χ3n) is 3.98. The van der Waals surface area contributed by atoms with Crippen molar-refractivity contribution >= 4 is 23.2 Å². The molecule has 1 unspecified atom stereocenters. The van der Waals surface area contributed by atoms with Crippen LogP contribution in [0.1, 0.15) is 12.5 Å². The molecule has 0 aliphatic carbocycles. The molecule has 1 atom stereocenters. The van der Waals surface area contributed by atoms with E-state index in [9.17, 15) is 0 Å². The molecule has 138 valence electrons. The lowest BCUT2D eigenvalue weighted by molar-refractivity contribution is -0.168. The highest BCUT2D eigenvalue weighted by Crippen LogP contribution is 2.41. The number of ether oxygens (including phenoxy) is 3. The Balaban J connectivity index is 1.62. The zero-order valence-corrected chi connectivity index (χ0v) is 15.8. The van der Waals surface area contributed by atoms with Gasteiger partial charge in [-0.1, -0.05) is 23.2 Å². The van der Waals surface area contributed by atoms with E-state index in [0.29, 0.717) is 32.9 Å². The van der Waals surface area contributed by atoms with Crippen LogP contribution < -0.4 is 4.74 Å². The van der Waals surface area contributed by atoms with E-state index in [1.807, 2.05) is 13.0 Å². The highest BCUT2D eigenvalue weighted by atomic mass is 35.5. The van der Waals surface area contributed by atoms with Gasteiger partial charge in [0.25, 0.3) is 5.79 Å². The van der Waals surface area contributed by atoms with Crippen LogP contribution in [0.15, 0.2) is 67.1 Å². The molecule has 0 radical (unpaired) electrons. The van der Waals surface area contributed by atoms with Gasteiger partial charge in [0.15, 0.2) is 0 Å².